The standard InChI is InChI=1S/C25H26N8OS2/c1-17-16-33(22(26)35-17)24-28-23(32-14-12-31(2)13-15-32)29-25(30-24)36-20-10-8-19(9-11-20)27-21(34)18-6-4-3-5-7-18/h3-11,16,26H,12-15H2,1-2H3,(H,27,34). The quantitative estimate of drug-likeness (QED) is 0.401. The molecule has 0 unspecified atom stereocenters. The highest BCUT2D eigenvalue weighted by atomic mass is 32.2. The van der Waals surface area contributed by atoms with Crippen molar-refractivity contribution in [3.63, 3.8) is 0 Å². The zero-order valence-corrected chi connectivity index (χ0v) is 21.6. The van der Waals surface area contributed by atoms with Gasteiger partial charge in [-0.3, -0.25) is 14.8 Å². The van der Waals surface area contributed by atoms with E-state index in [4.69, 9.17) is 15.4 Å². The van der Waals surface area contributed by atoms with E-state index in [1.165, 1.54) is 23.1 Å². The van der Waals surface area contributed by atoms with Gasteiger partial charge in [-0.1, -0.05) is 18.2 Å². The molecule has 0 radical (unpaired) electrons. The van der Waals surface area contributed by atoms with Gasteiger partial charge in [0.05, 0.1) is 0 Å². The number of carbonyl (C=O) groups excluding carboxylic acids is 1. The number of aromatic nitrogens is 4. The summed E-state index contributed by atoms with van der Waals surface area (Å²) in [6.45, 7) is 5.51. The molecule has 4 aromatic rings. The molecule has 1 aliphatic rings. The van der Waals surface area contributed by atoms with E-state index in [1.807, 2.05) is 55.6 Å². The minimum absolute atomic E-state index is 0.149. The van der Waals surface area contributed by atoms with Crippen molar-refractivity contribution >= 4 is 40.6 Å². The number of hydrogen-bond donors (Lipinski definition) is 2. The molecular formula is C25H26N8OS2. The number of nitrogens with zero attached hydrogens (tertiary/aromatic N) is 6. The number of hydrogen-bond acceptors (Lipinski definition) is 9. The van der Waals surface area contributed by atoms with Crippen molar-refractivity contribution in [2.75, 3.05) is 43.4 Å². The Balaban J connectivity index is 1.38. The molecule has 1 amide bonds. The van der Waals surface area contributed by atoms with E-state index in [2.05, 4.69) is 27.1 Å². The highest BCUT2D eigenvalue weighted by Crippen LogP contribution is 2.28. The van der Waals surface area contributed by atoms with Crippen LogP contribution in [0.5, 0.6) is 0 Å². The second-order valence-corrected chi connectivity index (χ2v) is 10.7. The Bertz CT molecular complexity index is 1410. The fourth-order valence-corrected chi connectivity index (χ4v) is 5.19. The third-order valence-electron chi connectivity index (χ3n) is 5.74. The Morgan fingerprint density at radius 1 is 0.972 bits per heavy atom. The normalized spacial score (nSPS) is 14.1. The lowest BCUT2D eigenvalue weighted by atomic mass is 10.2. The summed E-state index contributed by atoms with van der Waals surface area (Å²) in [5.41, 5.74) is 1.32. The van der Waals surface area contributed by atoms with Gasteiger partial charge in [-0.05, 0) is 62.1 Å². The maximum atomic E-state index is 12.4. The van der Waals surface area contributed by atoms with E-state index in [0.29, 0.717) is 33.1 Å². The minimum Gasteiger partial charge on any atom is -0.338 e. The third-order valence-corrected chi connectivity index (χ3v) is 7.43. The van der Waals surface area contributed by atoms with Gasteiger partial charge in [0, 0.05) is 53.4 Å². The number of likely N-dealkylation sites (N-methyl/N-ethyl adjacent to an activating group) is 1. The van der Waals surface area contributed by atoms with Gasteiger partial charge in [-0.2, -0.15) is 15.0 Å². The zero-order valence-electron chi connectivity index (χ0n) is 20.0. The SMILES string of the molecule is Cc1cn(-c2nc(Sc3ccc(NC(=O)c4ccccc4)cc3)nc(N3CCN(C)CC3)n2)c(=N)s1. The summed E-state index contributed by atoms with van der Waals surface area (Å²) in [5.74, 6) is 0.921. The molecule has 1 aliphatic heterocycles. The molecule has 11 heteroatoms. The van der Waals surface area contributed by atoms with Crippen molar-refractivity contribution < 1.29 is 4.79 Å². The van der Waals surface area contributed by atoms with Gasteiger partial charge in [-0.15, -0.1) is 11.3 Å². The van der Waals surface area contributed by atoms with E-state index >= 15 is 0 Å². The number of rotatable bonds is 6. The van der Waals surface area contributed by atoms with Gasteiger partial charge < -0.3 is 15.1 Å². The Labute approximate surface area is 217 Å². The second kappa shape index (κ2) is 10.6. The van der Waals surface area contributed by atoms with E-state index in [0.717, 1.165) is 36.0 Å². The van der Waals surface area contributed by atoms with Gasteiger partial charge in [-0.25, -0.2) is 0 Å². The van der Waals surface area contributed by atoms with Crippen LogP contribution in [0.1, 0.15) is 15.2 Å². The first-order valence-corrected chi connectivity index (χ1v) is 13.2. The molecule has 1 saturated heterocycles. The van der Waals surface area contributed by atoms with Crippen LogP contribution in [0, 0.1) is 12.3 Å². The maximum absolute atomic E-state index is 12.4. The van der Waals surface area contributed by atoms with E-state index in [9.17, 15) is 4.79 Å². The molecule has 0 atom stereocenters. The average Bonchev–Trinajstić information content (AvgIpc) is 3.23. The van der Waals surface area contributed by atoms with Crippen LogP contribution in [0.25, 0.3) is 5.95 Å². The summed E-state index contributed by atoms with van der Waals surface area (Å²) in [7, 11) is 2.11. The highest BCUT2D eigenvalue weighted by molar-refractivity contribution is 7.99. The lowest BCUT2D eigenvalue weighted by molar-refractivity contribution is 0.102. The summed E-state index contributed by atoms with van der Waals surface area (Å²) < 4.78 is 1.70. The molecule has 5 rings (SSSR count). The number of anilines is 2. The molecule has 0 bridgehead atoms. The number of amides is 1. The van der Waals surface area contributed by atoms with Gasteiger partial charge in [0.1, 0.15) is 0 Å². The predicted molar refractivity (Wildman–Crippen MR) is 142 cm³/mol. The second-order valence-electron chi connectivity index (χ2n) is 8.47. The molecule has 0 spiro atoms. The maximum Gasteiger partial charge on any atom is 0.255 e. The molecule has 2 aromatic carbocycles. The number of aryl methyl sites for hydroxylation is 1. The fraction of sp³-hybridized carbons (Fsp3) is 0.240. The number of thiazole rings is 1. The van der Waals surface area contributed by atoms with Crippen molar-refractivity contribution in [3.05, 3.63) is 76.0 Å². The van der Waals surface area contributed by atoms with Crippen LogP contribution in [0.4, 0.5) is 11.6 Å². The number of benzene rings is 2. The van der Waals surface area contributed by atoms with Gasteiger partial charge in [0.2, 0.25) is 11.9 Å². The molecule has 36 heavy (non-hydrogen) atoms. The number of piperazine rings is 1. The van der Waals surface area contributed by atoms with Crippen LogP contribution in [0.2, 0.25) is 0 Å². The first-order chi connectivity index (χ1) is 17.4. The summed E-state index contributed by atoms with van der Waals surface area (Å²) in [6, 6.07) is 16.7. The molecule has 3 heterocycles. The van der Waals surface area contributed by atoms with Crippen molar-refractivity contribution in [2.45, 2.75) is 17.0 Å². The third kappa shape index (κ3) is 5.64. The first kappa shape index (κ1) is 24.2. The average molecular weight is 519 g/mol. The largest absolute Gasteiger partial charge is 0.338 e. The Hall–Kier alpha value is -3.54. The summed E-state index contributed by atoms with van der Waals surface area (Å²) >= 11 is 2.82. The van der Waals surface area contributed by atoms with Crippen molar-refractivity contribution in [1.29, 1.82) is 5.41 Å². The molecule has 0 saturated carbocycles. The molecule has 184 valence electrons. The lowest BCUT2D eigenvalue weighted by Gasteiger charge is -2.32. The molecule has 0 aliphatic carbocycles. The van der Waals surface area contributed by atoms with Crippen LogP contribution in [-0.2, 0) is 0 Å². The first-order valence-electron chi connectivity index (χ1n) is 11.5. The molecule has 9 nitrogen and oxygen atoms in total. The smallest absolute Gasteiger partial charge is 0.255 e. The molecule has 2 aromatic heterocycles. The Morgan fingerprint density at radius 3 is 2.33 bits per heavy atom. The topological polar surface area (TPSA) is 103 Å². The summed E-state index contributed by atoms with van der Waals surface area (Å²) in [6.07, 6.45) is 1.88. The van der Waals surface area contributed by atoms with Gasteiger partial charge in [0.15, 0.2) is 9.96 Å². The lowest BCUT2D eigenvalue weighted by Crippen LogP contribution is -2.45. The van der Waals surface area contributed by atoms with Crippen molar-refractivity contribution in [1.82, 2.24) is 24.4 Å². The fourth-order valence-electron chi connectivity index (χ4n) is 3.76. The van der Waals surface area contributed by atoms with Crippen LogP contribution in [0.15, 0.2) is 70.8 Å². The van der Waals surface area contributed by atoms with Crippen molar-refractivity contribution in [3.8, 4) is 5.95 Å². The van der Waals surface area contributed by atoms with Gasteiger partial charge >= 0.3 is 0 Å². The van der Waals surface area contributed by atoms with Crippen LogP contribution >= 0.6 is 23.1 Å². The highest BCUT2D eigenvalue weighted by Gasteiger charge is 2.20. The summed E-state index contributed by atoms with van der Waals surface area (Å²) in [4.78, 5) is 33.4. The predicted octanol–water partition coefficient (Wildman–Crippen LogP) is 3.67. The van der Waals surface area contributed by atoms with E-state index < -0.39 is 0 Å². The molecule has 2 N–H and O–H groups in total. The van der Waals surface area contributed by atoms with Crippen LogP contribution in [-0.4, -0.2) is 63.6 Å². The van der Waals surface area contributed by atoms with Gasteiger partial charge in [0.25, 0.3) is 5.91 Å². The van der Waals surface area contributed by atoms with Crippen molar-refractivity contribution in [2.24, 2.45) is 0 Å². The zero-order chi connectivity index (χ0) is 25.1. The monoisotopic (exact) mass is 518 g/mol. The Morgan fingerprint density at radius 2 is 1.67 bits per heavy atom. The van der Waals surface area contributed by atoms with E-state index in [1.54, 1.807) is 16.7 Å². The van der Waals surface area contributed by atoms with E-state index in [-0.39, 0.29) is 5.91 Å². The summed E-state index contributed by atoms with van der Waals surface area (Å²) in [5, 5.41) is 11.8. The number of nitrogens with one attached hydrogen (secondary N) is 2. The van der Waals surface area contributed by atoms with Crippen LogP contribution in [0.3, 0.4) is 0 Å². The number of carbonyl (C=O) groups is 1. The Kier molecular flexibility index (Phi) is 7.12. The molecular weight excluding hydrogens is 492 g/mol. The van der Waals surface area contributed by atoms with Crippen LogP contribution < -0.4 is 15.0 Å². The minimum atomic E-state index is -0.149. The molecule has 1 fully saturated rings.